The van der Waals surface area contributed by atoms with Crippen LogP contribution < -0.4 is 9.62 Å². The maximum Gasteiger partial charge on any atom is 0.338 e. The van der Waals surface area contributed by atoms with E-state index in [1.54, 1.807) is 12.1 Å². The molecule has 0 spiro atoms. The topological polar surface area (TPSA) is 86.7 Å². The van der Waals surface area contributed by atoms with Gasteiger partial charge in [0.05, 0.1) is 16.1 Å². The summed E-state index contributed by atoms with van der Waals surface area (Å²) >= 11 is 0. The largest absolute Gasteiger partial charge is 0.478 e. The fraction of sp³-hybridized carbons (Fsp3) is 0.133. The number of halogens is 1. The summed E-state index contributed by atoms with van der Waals surface area (Å²) in [5.74, 6) is -2.43. The number of hydrogen-bond donors (Lipinski definition) is 2. The van der Waals surface area contributed by atoms with E-state index >= 15 is 0 Å². The quantitative estimate of drug-likeness (QED) is 0.874. The average molecular weight is 338 g/mol. The van der Waals surface area contributed by atoms with E-state index in [1.165, 1.54) is 18.2 Å². The number of hydrogen-bond acceptors (Lipinski definition) is 4. The monoisotopic (exact) mass is 338 g/mol. The molecule has 0 unspecified atom stereocenters. The van der Waals surface area contributed by atoms with Crippen LogP contribution in [0.1, 0.15) is 10.4 Å². The Balaban J connectivity index is 2.27. The number of nitrogens with one attached hydrogen (secondary N) is 1. The zero-order valence-corrected chi connectivity index (χ0v) is 13.3. The van der Waals surface area contributed by atoms with Crippen molar-refractivity contribution in [3.05, 3.63) is 53.8 Å². The summed E-state index contributed by atoms with van der Waals surface area (Å²) in [4.78, 5) is 12.6. The van der Waals surface area contributed by atoms with E-state index in [0.717, 1.165) is 17.8 Å². The second kappa shape index (κ2) is 6.25. The van der Waals surface area contributed by atoms with Crippen LogP contribution in [-0.4, -0.2) is 33.6 Å². The zero-order chi connectivity index (χ0) is 17.2. The van der Waals surface area contributed by atoms with Crippen LogP contribution in [0.2, 0.25) is 0 Å². The average Bonchev–Trinajstić information content (AvgIpc) is 2.46. The standard InChI is InChI=1S/C15H15FN2O4S/c1-18(2)11-4-6-12(7-5-11)23(21,22)17-10-3-8-13(15(19)20)14(16)9-10/h3-9,17H,1-2H3,(H,19,20). The highest BCUT2D eigenvalue weighted by Crippen LogP contribution is 2.21. The number of anilines is 2. The lowest BCUT2D eigenvalue weighted by Gasteiger charge is -2.13. The number of rotatable bonds is 5. The minimum Gasteiger partial charge on any atom is -0.478 e. The number of sulfonamides is 1. The van der Waals surface area contributed by atoms with Gasteiger partial charge in [-0.05, 0) is 42.5 Å². The predicted octanol–water partition coefficient (Wildman–Crippen LogP) is 2.39. The molecule has 0 atom stereocenters. The van der Waals surface area contributed by atoms with Crippen molar-refractivity contribution in [3.63, 3.8) is 0 Å². The third-order valence-corrected chi connectivity index (χ3v) is 4.51. The highest BCUT2D eigenvalue weighted by Gasteiger charge is 2.16. The molecule has 0 heterocycles. The maximum absolute atomic E-state index is 13.6. The number of aromatic carboxylic acids is 1. The molecule has 8 heteroatoms. The molecule has 0 aromatic heterocycles. The van der Waals surface area contributed by atoms with Crippen molar-refractivity contribution < 1.29 is 22.7 Å². The second-order valence-electron chi connectivity index (χ2n) is 4.99. The van der Waals surface area contributed by atoms with Gasteiger partial charge in [-0.25, -0.2) is 17.6 Å². The molecule has 2 aromatic carbocycles. The molecule has 0 aliphatic carbocycles. The molecule has 0 amide bonds. The van der Waals surface area contributed by atoms with Gasteiger partial charge in [-0.15, -0.1) is 0 Å². The van der Waals surface area contributed by atoms with Crippen LogP contribution in [0.3, 0.4) is 0 Å². The van der Waals surface area contributed by atoms with Crippen molar-refractivity contribution in [2.24, 2.45) is 0 Å². The van der Waals surface area contributed by atoms with E-state index in [4.69, 9.17) is 5.11 Å². The molecular weight excluding hydrogens is 323 g/mol. The fourth-order valence-corrected chi connectivity index (χ4v) is 2.94. The van der Waals surface area contributed by atoms with Crippen LogP contribution >= 0.6 is 0 Å². The number of nitrogens with zero attached hydrogens (tertiary/aromatic N) is 1. The molecule has 6 nitrogen and oxygen atoms in total. The highest BCUT2D eigenvalue weighted by atomic mass is 32.2. The van der Waals surface area contributed by atoms with Crippen LogP contribution in [-0.2, 0) is 10.0 Å². The second-order valence-corrected chi connectivity index (χ2v) is 6.68. The van der Waals surface area contributed by atoms with Gasteiger partial charge in [-0.1, -0.05) is 0 Å². The first kappa shape index (κ1) is 16.8. The molecule has 0 fully saturated rings. The Labute approximate surface area is 133 Å². The van der Waals surface area contributed by atoms with Crippen molar-refractivity contribution in [2.45, 2.75) is 4.90 Å². The van der Waals surface area contributed by atoms with Gasteiger partial charge in [0, 0.05) is 19.8 Å². The van der Waals surface area contributed by atoms with E-state index in [1.807, 2.05) is 19.0 Å². The Hall–Kier alpha value is -2.61. The predicted molar refractivity (Wildman–Crippen MR) is 84.9 cm³/mol. The molecule has 0 saturated carbocycles. The van der Waals surface area contributed by atoms with Crippen molar-refractivity contribution in [1.82, 2.24) is 0 Å². The molecular formula is C15H15FN2O4S. The van der Waals surface area contributed by atoms with Crippen molar-refractivity contribution in [2.75, 3.05) is 23.7 Å². The van der Waals surface area contributed by atoms with E-state index in [9.17, 15) is 17.6 Å². The number of carboxylic acid groups (broad SMARTS) is 1. The third kappa shape index (κ3) is 3.78. The van der Waals surface area contributed by atoms with Gasteiger partial charge in [0.15, 0.2) is 0 Å². The van der Waals surface area contributed by atoms with E-state index in [2.05, 4.69) is 4.72 Å². The molecule has 0 aliphatic rings. The normalized spacial score (nSPS) is 11.1. The summed E-state index contributed by atoms with van der Waals surface area (Å²) in [6, 6.07) is 9.17. The molecule has 0 aliphatic heterocycles. The minimum atomic E-state index is -3.89. The molecule has 2 rings (SSSR count). The van der Waals surface area contributed by atoms with E-state index < -0.39 is 27.4 Å². The Bertz CT molecular complexity index is 833. The van der Waals surface area contributed by atoms with Crippen molar-refractivity contribution in [3.8, 4) is 0 Å². The van der Waals surface area contributed by atoms with Gasteiger partial charge in [0.25, 0.3) is 10.0 Å². The van der Waals surface area contributed by atoms with Gasteiger partial charge >= 0.3 is 5.97 Å². The smallest absolute Gasteiger partial charge is 0.338 e. The first-order valence-corrected chi connectivity index (χ1v) is 8.02. The Morgan fingerprint density at radius 3 is 2.22 bits per heavy atom. The molecule has 122 valence electrons. The Morgan fingerprint density at radius 1 is 1.13 bits per heavy atom. The lowest BCUT2D eigenvalue weighted by Crippen LogP contribution is -2.14. The number of carboxylic acids is 1. The summed E-state index contributed by atoms with van der Waals surface area (Å²) in [7, 11) is -0.232. The van der Waals surface area contributed by atoms with Gasteiger partial charge < -0.3 is 10.0 Å². The molecule has 0 saturated heterocycles. The van der Waals surface area contributed by atoms with Gasteiger partial charge in [-0.3, -0.25) is 4.72 Å². The van der Waals surface area contributed by atoms with Crippen LogP contribution in [0.25, 0.3) is 0 Å². The zero-order valence-electron chi connectivity index (χ0n) is 12.4. The lowest BCUT2D eigenvalue weighted by atomic mass is 10.2. The summed E-state index contributed by atoms with van der Waals surface area (Å²) in [6.07, 6.45) is 0. The first-order valence-electron chi connectivity index (χ1n) is 6.54. The summed E-state index contributed by atoms with van der Waals surface area (Å²) in [6.45, 7) is 0. The molecule has 0 bridgehead atoms. The summed E-state index contributed by atoms with van der Waals surface area (Å²) < 4.78 is 40.3. The van der Waals surface area contributed by atoms with Crippen LogP contribution in [0.4, 0.5) is 15.8 Å². The Kier molecular flexibility index (Phi) is 4.55. The van der Waals surface area contributed by atoms with Gasteiger partial charge in [-0.2, -0.15) is 0 Å². The Morgan fingerprint density at radius 2 is 1.74 bits per heavy atom. The lowest BCUT2D eigenvalue weighted by molar-refractivity contribution is 0.0692. The maximum atomic E-state index is 13.6. The number of benzene rings is 2. The van der Waals surface area contributed by atoms with Gasteiger partial charge in [0.2, 0.25) is 0 Å². The third-order valence-electron chi connectivity index (χ3n) is 3.12. The van der Waals surface area contributed by atoms with E-state index in [0.29, 0.717) is 0 Å². The van der Waals surface area contributed by atoms with Crippen LogP contribution in [0.15, 0.2) is 47.4 Å². The van der Waals surface area contributed by atoms with Crippen LogP contribution in [0, 0.1) is 5.82 Å². The van der Waals surface area contributed by atoms with Crippen molar-refractivity contribution >= 4 is 27.4 Å². The number of carbonyl (C=O) groups is 1. The van der Waals surface area contributed by atoms with E-state index in [-0.39, 0.29) is 10.6 Å². The molecule has 2 N–H and O–H groups in total. The molecule has 0 radical (unpaired) electrons. The molecule has 2 aromatic rings. The van der Waals surface area contributed by atoms with Crippen molar-refractivity contribution in [1.29, 1.82) is 0 Å². The first-order chi connectivity index (χ1) is 10.7. The SMILES string of the molecule is CN(C)c1ccc(S(=O)(=O)Nc2ccc(C(=O)O)c(F)c2)cc1. The molecule has 23 heavy (non-hydrogen) atoms. The summed E-state index contributed by atoms with van der Waals surface area (Å²) in [5, 5.41) is 8.76. The fourth-order valence-electron chi connectivity index (χ4n) is 1.89. The van der Waals surface area contributed by atoms with Crippen LogP contribution in [0.5, 0.6) is 0 Å². The van der Waals surface area contributed by atoms with Gasteiger partial charge in [0.1, 0.15) is 5.82 Å². The highest BCUT2D eigenvalue weighted by molar-refractivity contribution is 7.92. The minimum absolute atomic E-state index is 0.0193. The summed E-state index contributed by atoms with van der Waals surface area (Å²) in [5.41, 5.74) is 0.258.